The Hall–Kier alpha value is -3.28. The van der Waals surface area contributed by atoms with Crippen molar-refractivity contribution in [2.24, 2.45) is 5.10 Å². The molecule has 0 aliphatic carbocycles. The van der Waals surface area contributed by atoms with Gasteiger partial charge in [0.05, 0.1) is 7.11 Å². The molecule has 6 heteroatoms. The average Bonchev–Trinajstić information content (AvgIpc) is 2.67. The number of hydrogen-bond donors (Lipinski definition) is 1. The van der Waals surface area contributed by atoms with Gasteiger partial charge in [-0.05, 0) is 30.4 Å². The van der Waals surface area contributed by atoms with Gasteiger partial charge in [-0.25, -0.2) is 5.43 Å². The third-order valence-corrected chi connectivity index (χ3v) is 3.55. The van der Waals surface area contributed by atoms with Gasteiger partial charge < -0.3 is 14.2 Å². The Kier molecular flexibility index (Phi) is 5.31. The molecule has 2 aromatic carbocycles. The maximum absolute atomic E-state index is 12.1. The molecule has 1 N–H and O–H groups in total. The Morgan fingerprint density at radius 1 is 1.20 bits per heavy atom. The SMILES string of the molecule is COc1ccccc1/C=C/C=N/NC(=O)C1COc2ccccc2O1. The summed E-state index contributed by atoms with van der Waals surface area (Å²) in [4.78, 5) is 12.1. The van der Waals surface area contributed by atoms with Gasteiger partial charge in [-0.1, -0.05) is 30.3 Å². The highest BCUT2D eigenvalue weighted by molar-refractivity contribution is 5.84. The van der Waals surface area contributed by atoms with Crippen LogP contribution < -0.4 is 19.6 Å². The largest absolute Gasteiger partial charge is 0.496 e. The zero-order valence-electron chi connectivity index (χ0n) is 13.7. The fraction of sp³-hybridized carbons (Fsp3) is 0.158. The summed E-state index contributed by atoms with van der Waals surface area (Å²) in [5.74, 6) is 1.59. The van der Waals surface area contributed by atoms with Crippen LogP contribution in [0.4, 0.5) is 0 Å². The van der Waals surface area contributed by atoms with E-state index in [9.17, 15) is 4.79 Å². The molecule has 1 aliphatic rings. The van der Waals surface area contributed by atoms with Gasteiger partial charge in [-0.3, -0.25) is 4.79 Å². The Labute approximate surface area is 145 Å². The molecule has 1 aliphatic heterocycles. The molecular weight excluding hydrogens is 320 g/mol. The van der Waals surface area contributed by atoms with Crippen molar-refractivity contribution in [2.75, 3.05) is 13.7 Å². The first-order valence-electron chi connectivity index (χ1n) is 7.79. The standard InChI is InChI=1S/C19H18N2O4/c1-23-15-9-3-2-7-14(15)8-6-12-20-21-19(22)18-13-24-16-10-4-5-11-17(16)25-18/h2-12,18H,13H2,1H3,(H,21,22)/b8-6+,20-12+. The number of nitrogens with zero attached hydrogens (tertiary/aromatic N) is 1. The maximum atomic E-state index is 12.1. The molecule has 0 spiro atoms. The second-order valence-electron chi connectivity index (χ2n) is 5.22. The van der Waals surface area contributed by atoms with E-state index >= 15 is 0 Å². The quantitative estimate of drug-likeness (QED) is 0.672. The van der Waals surface area contributed by atoms with Crippen LogP contribution in [0.1, 0.15) is 5.56 Å². The normalized spacial score (nSPS) is 16.1. The Balaban J connectivity index is 1.52. The topological polar surface area (TPSA) is 69.2 Å². The fourth-order valence-corrected chi connectivity index (χ4v) is 2.32. The molecule has 0 fully saturated rings. The zero-order valence-corrected chi connectivity index (χ0v) is 13.7. The van der Waals surface area contributed by atoms with Crippen LogP contribution in [0, 0.1) is 0 Å². The molecule has 1 heterocycles. The van der Waals surface area contributed by atoms with Crippen molar-refractivity contribution in [3.05, 3.63) is 60.2 Å². The number of allylic oxidation sites excluding steroid dienone is 1. The number of methoxy groups -OCH3 is 1. The van der Waals surface area contributed by atoms with Crippen molar-refractivity contribution in [3.8, 4) is 17.2 Å². The summed E-state index contributed by atoms with van der Waals surface area (Å²) in [6.45, 7) is 0.148. The van der Waals surface area contributed by atoms with Gasteiger partial charge in [0.2, 0.25) is 6.10 Å². The summed E-state index contributed by atoms with van der Waals surface area (Å²) < 4.78 is 16.4. The molecule has 0 saturated carbocycles. The number of hydrazone groups is 1. The van der Waals surface area contributed by atoms with Crippen LogP contribution in [0.25, 0.3) is 6.08 Å². The molecule has 0 bridgehead atoms. The summed E-state index contributed by atoms with van der Waals surface area (Å²) in [5, 5.41) is 3.89. The number of rotatable bonds is 5. The Morgan fingerprint density at radius 2 is 1.96 bits per heavy atom. The molecule has 0 aromatic heterocycles. The van der Waals surface area contributed by atoms with Crippen LogP contribution >= 0.6 is 0 Å². The molecule has 0 radical (unpaired) electrons. The molecule has 128 valence electrons. The van der Waals surface area contributed by atoms with Gasteiger partial charge in [0, 0.05) is 11.8 Å². The fourth-order valence-electron chi connectivity index (χ4n) is 2.32. The lowest BCUT2D eigenvalue weighted by Gasteiger charge is -2.24. The average molecular weight is 338 g/mol. The van der Waals surface area contributed by atoms with Crippen LogP contribution in [0.2, 0.25) is 0 Å². The summed E-state index contributed by atoms with van der Waals surface area (Å²) >= 11 is 0. The van der Waals surface area contributed by atoms with E-state index in [2.05, 4.69) is 10.5 Å². The monoisotopic (exact) mass is 338 g/mol. The minimum atomic E-state index is -0.731. The number of carbonyl (C=O) groups is 1. The molecule has 2 aromatic rings. The molecule has 1 amide bonds. The Morgan fingerprint density at radius 3 is 2.80 bits per heavy atom. The molecule has 0 saturated heterocycles. The summed E-state index contributed by atoms with van der Waals surface area (Å²) in [6, 6.07) is 14.8. The van der Waals surface area contributed by atoms with Gasteiger partial charge in [0.1, 0.15) is 12.4 Å². The number of benzene rings is 2. The lowest BCUT2D eigenvalue weighted by Crippen LogP contribution is -2.42. The van der Waals surface area contributed by atoms with Crippen LogP contribution in [0.5, 0.6) is 17.2 Å². The Bertz CT molecular complexity index is 802. The highest BCUT2D eigenvalue weighted by Crippen LogP contribution is 2.30. The first-order chi connectivity index (χ1) is 12.3. The second-order valence-corrected chi connectivity index (χ2v) is 5.22. The maximum Gasteiger partial charge on any atom is 0.284 e. The van der Waals surface area contributed by atoms with E-state index in [-0.39, 0.29) is 12.5 Å². The van der Waals surface area contributed by atoms with Crippen molar-refractivity contribution < 1.29 is 19.0 Å². The van der Waals surface area contributed by atoms with E-state index in [1.807, 2.05) is 42.5 Å². The van der Waals surface area contributed by atoms with Gasteiger partial charge in [0.25, 0.3) is 5.91 Å². The number of ether oxygens (including phenoxy) is 3. The van der Waals surface area contributed by atoms with E-state index in [0.717, 1.165) is 11.3 Å². The van der Waals surface area contributed by atoms with E-state index < -0.39 is 6.10 Å². The van der Waals surface area contributed by atoms with E-state index in [4.69, 9.17) is 14.2 Å². The van der Waals surface area contributed by atoms with Crippen LogP contribution in [-0.4, -0.2) is 31.9 Å². The molecule has 1 unspecified atom stereocenters. The predicted molar refractivity (Wildman–Crippen MR) is 95.0 cm³/mol. The third-order valence-electron chi connectivity index (χ3n) is 3.55. The third kappa shape index (κ3) is 4.17. The summed E-state index contributed by atoms with van der Waals surface area (Å²) in [7, 11) is 1.62. The van der Waals surface area contributed by atoms with Crippen molar-refractivity contribution in [1.29, 1.82) is 0 Å². The van der Waals surface area contributed by atoms with Gasteiger partial charge in [0.15, 0.2) is 11.5 Å². The van der Waals surface area contributed by atoms with E-state index in [0.29, 0.717) is 11.5 Å². The molecule has 1 atom stereocenters. The van der Waals surface area contributed by atoms with Gasteiger partial charge >= 0.3 is 0 Å². The zero-order chi connectivity index (χ0) is 17.5. The lowest BCUT2D eigenvalue weighted by molar-refractivity contribution is -0.130. The van der Waals surface area contributed by atoms with E-state index in [1.165, 1.54) is 6.21 Å². The first kappa shape index (κ1) is 16.6. The number of para-hydroxylation sites is 3. The number of carbonyl (C=O) groups excluding carboxylic acids is 1. The van der Waals surface area contributed by atoms with Gasteiger partial charge in [-0.15, -0.1) is 0 Å². The van der Waals surface area contributed by atoms with E-state index in [1.54, 1.807) is 25.3 Å². The number of amides is 1. The lowest BCUT2D eigenvalue weighted by atomic mass is 10.2. The first-order valence-corrected chi connectivity index (χ1v) is 7.79. The molecular formula is C19H18N2O4. The van der Waals surface area contributed by atoms with Crippen LogP contribution in [-0.2, 0) is 4.79 Å². The minimum Gasteiger partial charge on any atom is -0.496 e. The second kappa shape index (κ2) is 8.01. The van der Waals surface area contributed by atoms with Crippen molar-refractivity contribution in [1.82, 2.24) is 5.43 Å². The smallest absolute Gasteiger partial charge is 0.284 e. The molecule has 6 nitrogen and oxygen atoms in total. The molecule has 3 rings (SSSR count). The van der Waals surface area contributed by atoms with Crippen LogP contribution in [0.3, 0.4) is 0 Å². The summed E-state index contributed by atoms with van der Waals surface area (Å²) in [5.41, 5.74) is 3.36. The van der Waals surface area contributed by atoms with Crippen LogP contribution in [0.15, 0.2) is 59.7 Å². The number of hydrogen-bond acceptors (Lipinski definition) is 5. The molecule has 25 heavy (non-hydrogen) atoms. The highest BCUT2D eigenvalue weighted by atomic mass is 16.6. The van der Waals surface area contributed by atoms with Crippen molar-refractivity contribution >= 4 is 18.2 Å². The van der Waals surface area contributed by atoms with Crippen molar-refractivity contribution in [2.45, 2.75) is 6.10 Å². The number of fused-ring (bicyclic) bond motifs is 1. The van der Waals surface area contributed by atoms with Crippen molar-refractivity contribution in [3.63, 3.8) is 0 Å². The predicted octanol–water partition coefficient (Wildman–Crippen LogP) is 2.65. The minimum absolute atomic E-state index is 0.148. The summed E-state index contributed by atoms with van der Waals surface area (Å²) in [6.07, 6.45) is 4.31. The van der Waals surface area contributed by atoms with Gasteiger partial charge in [-0.2, -0.15) is 5.10 Å². The highest BCUT2D eigenvalue weighted by Gasteiger charge is 2.26. The number of nitrogens with one attached hydrogen (secondary N) is 1.